The van der Waals surface area contributed by atoms with Gasteiger partial charge in [0, 0.05) is 6.54 Å². The smallest absolute Gasteiger partial charge is 0.231 e. The molecule has 0 radical (unpaired) electrons. The van der Waals surface area contributed by atoms with Gasteiger partial charge < -0.3 is 25.0 Å². The van der Waals surface area contributed by atoms with Crippen LogP contribution >= 0.6 is 12.2 Å². The summed E-state index contributed by atoms with van der Waals surface area (Å²) in [5.41, 5.74) is 4.30. The lowest BCUT2D eigenvalue weighted by atomic mass is 10.2. The van der Waals surface area contributed by atoms with Crippen molar-refractivity contribution < 1.29 is 19.7 Å². The van der Waals surface area contributed by atoms with E-state index in [4.69, 9.17) is 21.7 Å². The predicted molar refractivity (Wildman–Crippen MR) is 92.5 cm³/mol. The number of benzene rings is 2. The van der Waals surface area contributed by atoms with E-state index in [1.165, 1.54) is 18.3 Å². The van der Waals surface area contributed by atoms with Gasteiger partial charge in [0.05, 0.1) is 6.21 Å². The number of nitrogens with one attached hydrogen (secondary N) is 2. The molecule has 0 saturated carbocycles. The number of thiocarbonyl (C=S) groups is 1. The summed E-state index contributed by atoms with van der Waals surface area (Å²) in [4.78, 5) is 0. The van der Waals surface area contributed by atoms with Gasteiger partial charge in [-0.1, -0.05) is 6.07 Å². The van der Waals surface area contributed by atoms with Crippen molar-refractivity contribution in [1.82, 2.24) is 10.7 Å². The zero-order valence-electron chi connectivity index (χ0n) is 12.5. The summed E-state index contributed by atoms with van der Waals surface area (Å²) in [6, 6.07) is 10.1. The molecule has 2 aromatic carbocycles. The SMILES string of the molecule is Oc1ccc(/C=N/NC(=S)NCc2ccc3c(c2)OCO3)cc1O. The zero-order valence-corrected chi connectivity index (χ0v) is 13.3. The lowest BCUT2D eigenvalue weighted by Crippen LogP contribution is -2.31. The molecule has 0 atom stereocenters. The first-order chi connectivity index (χ1) is 11.6. The standard InChI is InChI=1S/C16H15N3O4S/c20-12-3-1-10(5-13(12)21)8-18-19-16(24)17-7-11-2-4-14-15(6-11)23-9-22-14/h1-6,8,20-21H,7,9H2,(H2,17,19,24)/b18-8+. The molecular weight excluding hydrogens is 330 g/mol. The first-order valence-electron chi connectivity index (χ1n) is 7.09. The highest BCUT2D eigenvalue weighted by Gasteiger charge is 2.12. The van der Waals surface area contributed by atoms with Gasteiger partial charge in [0.1, 0.15) is 0 Å². The number of phenols is 2. The topological polar surface area (TPSA) is 95.3 Å². The van der Waals surface area contributed by atoms with E-state index in [9.17, 15) is 10.2 Å². The molecule has 3 rings (SSSR count). The highest BCUT2D eigenvalue weighted by Crippen LogP contribution is 2.32. The predicted octanol–water partition coefficient (Wildman–Crippen LogP) is 1.82. The minimum absolute atomic E-state index is 0.180. The molecule has 1 aliphatic heterocycles. The molecule has 2 aromatic rings. The van der Waals surface area contributed by atoms with Crippen molar-refractivity contribution in [3.63, 3.8) is 0 Å². The van der Waals surface area contributed by atoms with Crippen molar-refractivity contribution >= 4 is 23.5 Å². The summed E-state index contributed by atoms with van der Waals surface area (Å²) in [5, 5.41) is 26.0. The number of fused-ring (bicyclic) bond motifs is 1. The van der Waals surface area contributed by atoms with E-state index >= 15 is 0 Å². The van der Waals surface area contributed by atoms with Crippen LogP contribution in [0.25, 0.3) is 0 Å². The van der Waals surface area contributed by atoms with Gasteiger partial charge in [-0.2, -0.15) is 5.10 Å². The van der Waals surface area contributed by atoms with E-state index in [0.717, 1.165) is 17.1 Å². The summed E-state index contributed by atoms with van der Waals surface area (Å²) in [6.07, 6.45) is 1.48. The number of phenolic OH excluding ortho intramolecular Hbond substituents is 2. The maximum Gasteiger partial charge on any atom is 0.231 e. The number of hydrazone groups is 1. The highest BCUT2D eigenvalue weighted by atomic mass is 32.1. The Balaban J connectivity index is 1.49. The average molecular weight is 345 g/mol. The second-order valence-electron chi connectivity index (χ2n) is 4.99. The van der Waals surface area contributed by atoms with E-state index in [0.29, 0.717) is 17.2 Å². The van der Waals surface area contributed by atoms with Crippen LogP contribution in [0, 0.1) is 0 Å². The number of ether oxygens (including phenoxy) is 2. The summed E-state index contributed by atoms with van der Waals surface area (Å²) in [6.45, 7) is 0.756. The largest absolute Gasteiger partial charge is 0.504 e. The molecule has 0 saturated heterocycles. The van der Waals surface area contributed by atoms with Gasteiger partial charge in [0.25, 0.3) is 0 Å². The second-order valence-corrected chi connectivity index (χ2v) is 5.40. The molecule has 1 heterocycles. The van der Waals surface area contributed by atoms with E-state index in [-0.39, 0.29) is 18.3 Å². The van der Waals surface area contributed by atoms with Gasteiger partial charge in [-0.05, 0) is 53.7 Å². The van der Waals surface area contributed by atoms with Crippen LogP contribution in [-0.4, -0.2) is 28.3 Å². The molecule has 24 heavy (non-hydrogen) atoms. The molecule has 0 amide bonds. The molecule has 8 heteroatoms. The summed E-state index contributed by atoms with van der Waals surface area (Å²) in [7, 11) is 0. The Labute approximate surface area is 143 Å². The number of hydrogen-bond acceptors (Lipinski definition) is 6. The fourth-order valence-electron chi connectivity index (χ4n) is 2.06. The van der Waals surface area contributed by atoms with Gasteiger partial charge in [0.2, 0.25) is 6.79 Å². The number of aromatic hydroxyl groups is 2. The second kappa shape index (κ2) is 7.05. The van der Waals surface area contributed by atoms with Gasteiger partial charge in [0.15, 0.2) is 28.1 Å². The normalized spacial score (nSPS) is 12.3. The fourth-order valence-corrected chi connectivity index (χ4v) is 2.18. The van der Waals surface area contributed by atoms with Crippen molar-refractivity contribution in [3.05, 3.63) is 47.5 Å². The first-order valence-corrected chi connectivity index (χ1v) is 7.50. The molecule has 0 unspecified atom stereocenters. The van der Waals surface area contributed by atoms with Crippen LogP contribution in [0.4, 0.5) is 0 Å². The van der Waals surface area contributed by atoms with Crippen LogP contribution in [0.5, 0.6) is 23.0 Å². The molecule has 0 bridgehead atoms. The quantitative estimate of drug-likeness (QED) is 0.291. The number of hydrogen-bond donors (Lipinski definition) is 4. The Bertz CT molecular complexity index is 795. The van der Waals surface area contributed by atoms with Crippen molar-refractivity contribution in [2.75, 3.05) is 6.79 Å². The lowest BCUT2D eigenvalue weighted by Gasteiger charge is -2.07. The molecule has 4 N–H and O–H groups in total. The van der Waals surface area contributed by atoms with Crippen LogP contribution < -0.4 is 20.2 Å². The van der Waals surface area contributed by atoms with Gasteiger partial charge in [-0.25, -0.2) is 0 Å². The van der Waals surface area contributed by atoms with Crippen LogP contribution in [-0.2, 0) is 6.54 Å². The van der Waals surface area contributed by atoms with Crippen molar-refractivity contribution in [2.45, 2.75) is 6.54 Å². The Morgan fingerprint density at radius 1 is 1.12 bits per heavy atom. The Morgan fingerprint density at radius 2 is 1.96 bits per heavy atom. The maximum absolute atomic E-state index is 9.40. The monoisotopic (exact) mass is 345 g/mol. The average Bonchev–Trinajstić information content (AvgIpc) is 3.04. The molecule has 0 aliphatic carbocycles. The van der Waals surface area contributed by atoms with E-state index in [2.05, 4.69) is 15.8 Å². The lowest BCUT2D eigenvalue weighted by molar-refractivity contribution is 0.174. The molecule has 0 aromatic heterocycles. The molecule has 124 valence electrons. The van der Waals surface area contributed by atoms with E-state index in [1.54, 1.807) is 6.07 Å². The van der Waals surface area contributed by atoms with Crippen molar-refractivity contribution in [1.29, 1.82) is 0 Å². The minimum Gasteiger partial charge on any atom is -0.504 e. The van der Waals surface area contributed by atoms with Gasteiger partial charge in [-0.3, -0.25) is 5.43 Å². The van der Waals surface area contributed by atoms with Crippen LogP contribution in [0.15, 0.2) is 41.5 Å². The van der Waals surface area contributed by atoms with Crippen LogP contribution in [0.2, 0.25) is 0 Å². The summed E-state index contributed by atoms with van der Waals surface area (Å²) in [5.74, 6) is 1.07. The summed E-state index contributed by atoms with van der Waals surface area (Å²) >= 11 is 5.13. The molecule has 0 spiro atoms. The van der Waals surface area contributed by atoms with Crippen LogP contribution in [0.3, 0.4) is 0 Å². The number of rotatable bonds is 4. The van der Waals surface area contributed by atoms with Crippen molar-refractivity contribution in [3.8, 4) is 23.0 Å². The van der Waals surface area contributed by atoms with Gasteiger partial charge in [-0.15, -0.1) is 0 Å². The van der Waals surface area contributed by atoms with Crippen LogP contribution in [0.1, 0.15) is 11.1 Å². The Hall–Kier alpha value is -3.00. The maximum atomic E-state index is 9.40. The minimum atomic E-state index is -0.206. The molecule has 7 nitrogen and oxygen atoms in total. The Morgan fingerprint density at radius 3 is 2.79 bits per heavy atom. The van der Waals surface area contributed by atoms with E-state index < -0.39 is 0 Å². The first kappa shape index (κ1) is 15.9. The molecule has 0 fully saturated rings. The fraction of sp³-hybridized carbons (Fsp3) is 0.125. The Kier molecular flexibility index (Phi) is 4.66. The van der Waals surface area contributed by atoms with Crippen molar-refractivity contribution in [2.24, 2.45) is 5.10 Å². The number of nitrogens with zero attached hydrogens (tertiary/aromatic N) is 1. The van der Waals surface area contributed by atoms with Gasteiger partial charge >= 0.3 is 0 Å². The third kappa shape index (κ3) is 3.85. The zero-order chi connectivity index (χ0) is 16.9. The third-order valence-electron chi connectivity index (χ3n) is 3.27. The third-order valence-corrected chi connectivity index (χ3v) is 3.50. The summed E-state index contributed by atoms with van der Waals surface area (Å²) < 4.78 is 10.6. The molecular formula is C16H15N3O4S. The molecule has 1 aliphatic rings. The van der Waals surface area contributed by atoms with E-state index in [1.807, 2.05) is 18.2 Å². The highest BCUT2D eigenvalue weighted by molar-refractivity contribution is 7.80.